The summed E-state index contributed by atoms with van der Waals surface area (Å²) in [5.41, 5.74) is 0.617. The van der Waals surface area contributed by atoms with Gasteiger partial charge in [0.05, 0.1) is 6.61 Å². The van der Waals surface area contributed by atoms with Gasteiger partial charge in [-0.3, -0.25) is 4.79 Å². The summed E-state index contributed by atoms with van der Waals surface area (Å²) in [4.78, 5) is 11.2. The Morgan fingerprint density at radius 3 is 2.46 bits per heavy atom. The zero-order valence-electron chi connectivity index (χ0n) is 7.06. The number of aliphatic hydroxyl groups is 1. The molecule has 0 saturated heterocycles. The molecule has 0 aromatic heterocycles. The molecular formula is C9H12ClNO2. The van der Waals surface area contributed by atoms with Crippen molar-refractivity contribution in [1.82, 2.24) is 5.32 Å². The lowest BCUT2D eigenvalue weighted by atomic mass is 10.2. The van der Waals surface area contributed by atoms with Crippen molar-refractivity contribution in [2.75, 3.05) is 13.2 Å². The topological polar surface area (TPSA) is 49.3 Å². The third-order valence-electron chi connectivity index (χ3n) is 1.43. The molecule has 0 bridgehead atoms. The summed E-state index contributed by atoms with van der Waals surface area (Å²) in [6.07, 6.45) is 0. The van der Waals surface area contributed by atoms with Gasteiger partial charge in [-0.25, -0.2) is 0 Å². The second kappa shape index (κ2) is 6.46. The number of hydrogen-bond donors (Lipinski definition) is 2. The molecule has 1 rings (SSSR count). The van der Waals surface area contributed by atoms with Crippen molar-refractivity contribution in [3.63, 3.8) is 0 Å². The van der Waals surface area contributed by atoms with E-state index in [2.05, 4.69) is 5.32 Å². The van der Waals surface area contributed by atoms with E-state index in [9.17, 15) is 4.79 Å². The Hall–Kier alpha value is -1.06. The molecule has 4 heteroatoms. The highest BCUT2D eigenvalue weighted by atomic mass is 35.5. The first-order valence-electron chi connectivity index (χ1n) is 3.78. The molecule has 0 aliphatic carbocycles. The van der Waals surface area contributed by atoms with Crippen LogP contribution in [-0.4, -0.2) is 24.2 Å². The lowest BCUT2D eigenvalue weighted by Gasteiger charge is -2.01. The van der Waals surface area contributed by atoms with Gasteiger partial charge in [0.15, 0.2) is 0 Å². The van der Waals surface area contributed by atoms with E-state index >= 15 is 0 Å². The standard InChI is InChI=1S/C9H11NO2.ClH/c11-7-6-10-9(12)8-4-2-1-3-5-8;/h1-5,11H,6-7H2,(H,10,12);1H. The lowest BCUT2D eigenvalue weighted by Crippen LogP contribution is -2.26. The number of aliphatic hydroxyl groups excluding tert-OH is 1. The van der Waals surface area contributed by atoms with Crippen LogP contribution in [0, 0.1) is 0 Å². The number of rotatable bonds is 3. The summed E-state index contributed by atoms with van der Waals surface area (Å²) in [5, 5.41) is 11.0. The number of hydrogen-bond acceptors (Lipinski definition) is 2. The van der Waals surface area contributed by atoms with Crippen molar-refractivity contribution in [3.05, 3.63) is 35.9 Å². The third kappa shape index (κ3) is 3.92. The summed E-state index contributed by atoms with van der Waals surface area (Å²) in [7, 11) is 0. The van der Waals surface area contributed by atoms with E-state index in [0.29, 0.717) is 12.1 Å². The molecule has 0 saturated carbocycles. The molecule has 0 spiro atoms. The number of halogens is 1. The number of amides is 1. The molecule has 0 unspecified atom stereocenters. The summed E-state index contributed by atoms with van der Waals surface area (Å²) < 4.78 is 0. The van der Waals surface area contributed by atoms with E-state index in [1.807, 2.05) is 6.07 Å². The van der Waals surface area contributed by atoms with Crippen molar-refractivity contribution in [1.29, 1.82) is 0 Å². The van der Waals surface area contributed by atoms with Gasteiger partial charge in [-0.1, -0.05) is 18.2 Å². The van der Waals surface area contributed by atoms with Gasteiger partial charge < -0.3 is 10.4 Å². The summed E-state index contributed by atoms with van der Waals surface area (Å²) in [6, 6.07) is 8.91. The van der Waals surface area contributed by atoms with Crippen LogP contribution in [-0.2, 0) is 0 Å². The molecule has 0 fully saturated rings. The lowest BCUT2D eigenvalue weighted by molar-refractivity contribution is 0.0945. The smallest absolute Gasteiger partial charge is 0.251 e. The Kier molecular flexibility index (Phi) is 5.93. The highest BCUT2D eigenvalue weighted by Crippen LogP contribution is 1.96. The molecule has 3 nitrogen and oxygen atoms in total. The maximum Gasteiger partial charge on any atom is 0.251 e. The predicted molar refractivity (Wildman–Crippen MR) is 53.1 cm³/mol. The molecule has 1 amide bonds. The predicted octanol–water partition coefficient (Wildman–Crippen LogP) is 0.831. The first kappa shape index (κ1) is 11.9. The number of nitrogens with one attached hydrogen (secondary N) is 1. The fourth-order valence-electron chi connectivity index (χ4n) is 0.861. The Morgan fingerprint density at radius 1 is 1.31 bits per heavy atom. The minimum Gasteiger partial charge on any atom is -0.395 e. The molecule has 2 N–H and O–H groups in total. The Labute approximate surface area is 83.2 Å². The molecule has 1 aromatic carbocycles. The minimum absolute atomic E-state index is 0. The monoisotopic (exact) mass is 201 g/mol. The molecule has 0 heterocycles. The van der Waals surface area contributed by atoms with E-state index in [1.165, 1.54) is 0 Å². The van der Waals surface area contributed by atoms with Crippen LogP contribution < -0.4 is 5.32 Å². The van der Waals surface area contributed by atoms with Crippen LogP contribution in [0.25, 0.3) is 0 Å². The molecule has 1 aromatic rings. The highest BCUT2D eigenvalue weighted by Gasteiger charge is 2.01. The summed E-state index contributed by atoms with van der Waals surface area (Å²) >= 11 is 0. The zero-order valence-corrected chi connectivity index (χ0v) is 7.88. The molecule has 13 heavy (non-hydrogen) atoms. The second-order valence-corrected chi connectivity index (χ2v) is 2.35. The van der Waals surface area contributed by atoms with E-state index in [-0.39, 0.29) is 24.9 Å². The fourth-order valence-corrected chi connectivity index (χ4v) is 0.861. The van der Waals surface area contributed by atoms with Crippen molar-refractivity contribution < 1.29 is 9.90 Å². The third-order valence-corrected chi connectivity index (χ3v) is 1.43. The van der Waals surface area contributed by atoms with Gasteiger partial charge in [-0.05, 0) is 12.1 Å². The molecular weight excluding hydrogens is 190 g/mol. The normalized spacial score (nSPS) is 8.69. The van der Waals surface area contributed by atoms with E-state index in [1.54, 1.807) is 24.3 Å². The fraction of sp³-hybridized carbons (Fsp3) is 0.222. The van der Waals surface area contributed by atoms with Crippen molar-refractivity contribution in [2.45, 2.75) is 0 Å². The number of benzene rings is 1. The quantitative estimate of drug-likeness (QED) is 0.761. The molecule has 0 atom stereocenters. The van der Waals surface area contributed by atoms with Crippen LogP contribution in [0.2, 0.25) is 0 Å². The zero-order chi connectivity index (χ0) is 8.81. The molecule has 0 aliphatic heterocycles. The van der Waals surface area contributed by atoms with Crippen LogP contribution in [0.4, 0.5) is 0 Å². The Bertz CT molecular complexity index is 251. The van der Waals surface area contributed by atoms with Crippen LogP contribution in [0.1, 0.15) is 10.4 Å². The maximum absolute atomic E-state index is 11.2. The van der Waals surface area contributed by atoms with Gasteiger partial charge in [0.1, 0.15) is 0 Å². The highest BCUT2D eigenvalue weighted by molar-refractivity contribution is 5.94. The first-order valence-corrected chi connectivity index (χ1v) is 3.78. The maximum atomic E-state index is 11.2. The average Bonchev–Trinajstić information content (AvgIpc) is 2.15. The summed E-state index contributed by atoms with van der Waals surface area (Å²) in [5.74, 6) is -0.148. The van der Waals surface area contributed by atoms with Gasteiger partial charge in [0, 0.05) is 12.1 Å². The average molecular weight is 202 g/mol. The minimum atomic E-state index is -0.148. The number of carbonyl (C=O) groups excluding carboxylic acids is 1. The van der Waals surface area contributed by atoms with Crippen LogP contribution >= 0.6 is 12.4 Å². The van der Waals surface area contributed by atoms with E-state index in [0.717, 1.165) is 0 Å². The van der Waals surface area contributed by atoms with Crippen molar-refractivity contribution in [3.8, 4) is 0 Å². The van der Waals surface area contributed by atoms with E-state index < -0.39 is 0 Å². The summed E-state index contributed by atoms with van der Waals surface area (Å²) in [6.45, 7) is 0.270. The Balaban J connectivity index is 0.00000144. The van der Waals surface area contributed by atoms with Gasteiger partial charge in [0.2, 0.25) is 0 Å². The van der Waals surface area contributed by atoms with Gasteiger partial charge in [-0.15, -0.1) is 12.4 Å². The van der Waals surface area contributed by atoms with Gasteiger partial charge in [0.25, 0.3) is 5.91 Å². The molecule has 0 aliphatic rings. The second-order valence-electron chi connectivity index (χ2n) is 2.35. The van der Waals surface area contributed by atoms with Crippen LogP contribution in [0.5, 0.6) is 0 Å². The Morgan fingerprint density at radius 2 is 1.92 bits per heavy atom. The van der Waals surface area contributed by atoms with E-state index in [4.69, 9.17) is 5.11 Å². The SMILES string of the molecule is Cl.O=C(NCCO)c1ccccc1. The van der Waals surface area contributed by atoms with Crippen molar-refractivity contribution in [2.24, 2.45) is 0 Å². The first-order chi connectivity index (χ1) is 5.84. The van der Waals surface area contributed by atoms with Gasteiger partial charge in [-0.2, -0.15) is 0 Å². The van der Waals surface area contributed by atoms with Crippen LogP contribution in [0.3, 0.4) is 0 Å². The largest absolute Gasteiger partial charge is 0.395 e. The van der Waals surface area contributed by atoms with Crippen LogP contribution in [0.15, 0.2) is 30.3 Å². The molecule has 72 valence electrons. The van der Waals surface area contributed by atoms with Gasteiger partial charge >= 0.3 is 0 Å². The molecule has 0 radical (unpaired) electrons. The number of carbonyl (C=O) groups is 1. The van der Waals surface area contributed by atoms with Crippen molar-refractivity contribution >= 4 is 18.3 Å².